The molecule has 0 saturated carbocycles. The summed E-state index contributed by atoms with van der Waals surface area (Å²) in [5.74, 6) is 0.286. The Morgan fingerprint density at radius 1 is 1.19 bits per heavy atom. The van der Waals surface area contributed by atoms with Gasteiger partial charge in [-0.3, -0.25) is 0 Å². The van der Waals surface area contributed by atoms with E-state index in [1.807, 2.05) is 57.2 Å². The van der Waals surface area contributed by atoms with Crippen molar-refractivity contribution in [3.05, 3.63) is 53.9 Å². The molecule has 142 valence electrons. The predicted molar refractivity (Wildman–Crippen MR) is 108 cm³/mol. The molecule has 2 aromatic heterocycles. The van der Waals surface area contributed by atoms with Crippen LogP contribution in [0.3, 0.4) is 0 Å². The molecule has 1 N–H and O–H groups in total. The van der Waals surface area contributed by atoms with Crippen LogP contribution >= 0.6 is 12.4 Å². The fraction of sp³-hybridized carbons (Fsp3) is 0.250. The van der Waals surface area contributed by atoms with Gasteiger partial charge < -0.3 is 14.8 Å². The highest BCUT2D eigenvalue weighted by Crippen LogP contribution is 2.30. The van der Waals surface area contributed by atoms with E-state index in [0.717, 1.165) is 16.8 Å². The Morgan fingerprint density at radius 2 is 1.96 bits per heavy atom. The van der Waals surface area contributed by atoms with Crippen LogP contribution in [0.2, 0.25) is 0 Å². The standard InChI is InChI=1S/C20H21N3O3.ClH/c1-12(2)26-20(24)17-11-21-19-16(9-8-13(3)22-19)18(17)23-14-6-5-7-15(10-14)25-4;/h5-12H,1-4H3,(H,21,22,23);1H. The van der Waals surface area contributed by atoms with Crippen molar-refractivity contribution in [2.75, 3.05) is 12.4 Å². The zero-order valence-corrected chi connectivity index (χ0v) is 16.5. The van der Waals surface area contributed by atoms with Crippen LogP contribution in [0.4, 0.5) is 11.4 Å². The summed E-state index contributed by atoms with van der Waals surface area (Å²) in [6.45, 7) is 5.52. The molecule has 0 bridgehead atoms. The molecule has 3 rings (SSSR count). The number of carbonyl (C=O) groups excluding carboxylic acids is 1. The van der Waals surface area contributed by atoms with Gasteiger partial charge in [0.2, 0.25) is 0 Å². The maximum absolute atomic E-state index is 12.6. The quantitative estimate of drug-likeness (QED) is 0.641. The molecule has 27 heavy (non-hydrogen) atoms. The number of benzene rings is 1. The second-order valence-corrected chi connectivity index (χ2v) is 6.18. The van der Waals surface area contributed by atoms with Gasteiger partial charge in [0.1, 0.15) is 11.3 Å². The molecule has 0 amide bonds. The van der Waals surface area contributed by atoms with Crippen molar-refractivity contribution in [3.8, 4) is 5.75 Å². The maximum atomic E-state index is 12.6. The van der Waals surface area contributed by atoms with Gasteiger partial charge >= 0.3 is 5.97 Å². The number of ether oxygens (including phenoxy) is 2. The van der Waals surface area contributed by atoms with Gasteiger partial charge in [-0.05, 0) is 45.0 Å². The van der Waals surface area contributed by atoms with Crippen LogP contribution in [-0.4, -0.2) is 29.2 Å². The van der Waals surface area contributed by atoms with Crippen LogP contribution in [0, 0.1) is 6.92 Å². The SMILES string of the molecule is COc1cccc(Nc2c(C(=O)OC(C)C)cnc3nc(C)ccc23)c1.Cl. The van der Waals surface area contributed by atoms with Gasteiger partial charge in [-0.25, -0.2) is 14.8 Å². The summed E-state index contributed by atoms with van der Waals surface area (Å²) in [5, 5.41) is 4.05. The number of halogens is 1. The third-order valence-corrected chi connectivity index (χ3v) is 3.77. The maximum Gasteiger partial charge on any atom is 0.342 e. The van der Waals surface area contributed by atoms with E-state index >= 15 is 0 Å². The lowest BCUT2D eigenvalue weighted by Gasteiger charge is -2.15. The monoisotopic (exact) mass is 387 g/mol. The van der Waals surface area contributed by atoms with Gasteiger partial charge in [0.05, 0.1) is 18.9 Å². The highest BCUT2D eigenvalue weighted by Gasteiger charge is 2.19. The number of nitrogens with one attached hydrogen (secondary N) is 1. The molecule has 0 radical (unpaired) electrons. The van der Waals surface area contributed by atoms with Crippen LogP contribution in [0.25, 0.3) is 11.0 Å². The second kappa shape index (κ2) is 8.68. The summed E-state index contributed by atoms with van der Waals surface area (Å²) in [5.41, 5.74) is 3.18. The van der Waals surface area contributed by atoms with Crippen molar-refractivity contribution in [3.63, 3.8) is 0 Å². The van der Waals surface area contributed by atoms with Crippen LogP contribution in [0.15, 0.2) is 42.6 Å². The van der Waals surface area contributed by atoms with Gasteiger partial charge in [-0.15, -0.1) is 12.4 Å². The van der Waals surface area contributed by atoms with E-state index in [4.69, 9.17) is 9.47 Å². The number of rotatable bonds is 5. The van der Waals surface area contributed by atoms with Gasteiger partial charge in [-0.2, -0.15) is 0 Å². The number of hydrogen-bond donors (Lipinski definition) is 1. The highest BCUT2D eigenvalue weighted by atomic mass is 35.5. The topological polar surface area (TPSA) is 73.3 Å². The van der Waals surface area contributed by atoms with Gasteiger partial charge in [0, 0.05) is 29.0 Å². The van der Waals surface area contributed by atoms with Crippen molar-refractivity contribution in [1.29, 1.82) is 0 Å². The second-order valence-electron chi connectivity index (χ2n) is 6.18. The molecule has 7 heteroatoms. The summed E-state index contributed by atoms with van der Waals surface area (Å²) in [7, 11) is 1.61. The number of anilines is 2. The third kappa shape index (κ3) is 4.65. The average molecular weight is 388 g/mol. The normalized spacial score (nSPS) is 10.4. The molecule has 6 nitrogen and oxygen atoms in total. The number of pyridine rings is 2. The lowest BCUT2D eigenvalue weighted by atomic mass is 10.1. The Hall–Kier alpha value is -2.86. The fourth-order valence-electron chi connectivity index (χ4n) is 2.58. The smallest absolute Gasteiger partial charge is 0.342 e. The Kier molecular flexibility index (Phi) is 6.58. The minimum Gasteiger partial charge on any atom is -0.497 e. The van der Waals surface area contributed by atoms with Gasteiger partial charge in [0.15, 0.2) is 5.65 Å². The number of methoxy groups -OCH3 is 1. The predicted octanol–water partition coefficient (Wildman–Crippen LogP) is 4.68. The molecule has 0 unspecified atom stereocenters. The first-order valence-electron chi connectivity index (χ1n) is 8.36. The number of fused-ring (bicyclic) bond motifs is 1. The summed E-state index contributed by atoms with van der Waals surface area (Å²) < 4.78 is 10.6. The van der Waals surface area contributed by atoms with E-state index in [1.54, 1.807) is 7.11 Å². The van der Waals surface area contributed by atoms with E-state index in [1.165, 1.54) is 6.20 Å². The first-order chi connectivity index (χ1) is 12.5. The number of esters is 1. The molecule has 2 heterocycles. The summed E-state index contributed by atoms with van der Waals surface area (Å²) in [6, 6.07) is 11.3. The molecule has 0 fully saturated rings. The first-order valence-corrected chi connectivity index (χ1v) is 8.36. The van der Waals surface area contributed by atoms with Crippen LogP contribution in [0.5, 0.6) is 5.75 Å². The Bertz CT molecular complexity index is 960. The van der Waals surface area contributed by atoms with E-state index in [2.05, 4.69) is 15.3 Å². The lowest BCUT2D eigenvalue weighted by molar-refractivity contribution is 0.0379. The molecule has 0 atom stereocenters. The largest absolute Gasteiger partial charge is 0.497 e. The van der Waals surface area contributed by atoms with Crippen LogP contribution < -0.4 is 10.1 Å². The summed E-state index contributed by atoms with van der Waals surface area (Å²) in [6.07, 6.45) is 1.28. The number of aryl methyl sites for hydroxylation is 1. The van der Waals surface area contributed by atoms with Crippen LogP contribution in [-0.2, 0) is 4.74 Å². The Labute approximate surface area is 164 Å². The number of nitrogens with zero attached hydrogens (tertiary/aromatic N) is 2. The molecule has 0 spiro atoms. The number of aromatic nitrogens is 2. The Morgan fingerprint density at radius 3 is 2.67 bits per heavy atom. The molecule has 0 aliphatic rings. The van der Waals surface area contributed by atoms with Crippen molar-refractivity contribution >= 4 is 40.8 Å². The summed E-state index contributed by atoms with van der Waals surface area (Å²) >= 11 is 0. The molecule has 0 aliphatic heterocycles. The van der Waals surface area contributed by atoms with Crippen molar-refractivity contribution in [2.24, 2.45) is 0 Å². The number of hydrogen-bond acceptors (Lipinski definition) is 6. The first kappa shape index (κ1) is 20.5. The van der Waals surface area contributed by atoms with E-state index < -0.39 is 5.97 Å². The fourth-order valence-corrected chi connectivity index (χ4v) is 2.58. The minimum atomic E-state index is -0.430. The molecule has 0 saturated heterocycles. The van der Waals surface area contributed by atoms with E-state index in [-0.39, 0.29) is 18.5 Å². The van der Waals surface area contributed by atoms with Gasteiger partial charge in [0.25, 0.3) is 0 Å². The zero-order chi connectivity index (χ0) is 18.7. The number of carbonyl (C=O) groups is 1. The molecule has 3 aromatic rings. The highest BCUT2D eigenvalue weighted by molar-refractivity contribution is 6.05. The zero-order valence-electron chi connectivity index (χ0n) is 15.6. The molecular formula is C20H22ClN3O3. The molecule has 1 aromatic carbocycles. The van der Waals surface area contributed by atoms with Crippen molar-refractivity contribution in [2.45, 2.75) is 26.9 Å². The van der Waals surface area contributed by atoms with Crippen molar-refractivity contribution in [1.82, 2.24) is 9.97 Å². The lowest BCUT2D eigenvalue weighted by Crippen LogP contribution is -2.14. The third-order valence-electron chi connectivity index (χ3n) is 3.77. The van der Waals surface area contributed by atoms with Crippen LogP contribution in [0.1, 0.15) is 29.9 Å². The van der Waals surface area contributed by atoms with Crippen molar-refractivity contribution < 1.29 is 14.3 Å². The van der Waals surface area contributed by atoms with Gasteiger partial charge in [-0.1, -0.05) is 6.07 Å². The summed E-state index contributed by atoms with van der Waals surface area (Å²) in [4.78, 5) is 21.3. The van der Waals surface area contributed by atoms with E-state index in [0.29, 0.717) is 22.6 Å². The molecule has 0 aliphatic carbocycles. The Balaban J connectivity index is 0.00000261. The van der Waals surface area contributed by atoms with E-state index in [9.17, 15) is 4.79 Å². The molecular weight excluding hydrogens is 366 g/mol. The average Bonchev–Trinajstić information content (AvgIpc) is 2.61. The minimum absolute atomic E-state index is 0.